The van der Waals surface area contributed by atoms with Crippen molar-refractivity contribution in [1.29, 1.82) is 0 Å². The van der Waals surface area contributed by atoms with Gasteiger partial charge in [0.05, 0.1) is 29.5 Å². The summed E-state index contributed by atoms with van der Waals surface area (Å²) in [5, 5.41) is 46.2. The molecule has 336 valence electrons. The molecule has 15 nitrogen and oxygen atoms in total. The third kappa shape index (κ3) is 7.35. The van der Waals surface area contributed by atoms with Crippen LogP contribution in [0.1, 0.15) is 99.3 Å². The number of fused-ring (bicyclic) bond motifs is 4. The lowest BCUT2D eigenvalue weighted by molar-refractivity contribution is -0.299. The summed E-state index contributed by atoms with van der Waals surface area (Å²) in [5.74, 6) is 1.19. The highest BCUT2D eigenvalue weighted by Crippen LogP contribution is 2.85. The molecule has 3 bridgehead atoms. The number of rotatable bonds is 17. The van der Waals surface area contributed by atoms with Gasteiger partial charge in [-0.25, -0.2) is 14.8 Å². The zero-order valence-electron chi connectivity index (χ0n) is 37.1. The van der Waals surface area contributed by atoms with E-state index >= 15 is 0 Å². The molecule has 9 rings (SSSR count). The minimum absolute atomic E-state index is 0.0171. The van der Waals surface area contributed by atoms with Gasteiger partial charge in [0, 0.05) is 91.0 Å². The minimum Gasteiger partial charge on any atom is -0.497 e. The number of hydrogen-bond donors (Lipinski definition) is 6. The fourth-order valence-electron chi connectivity index (χ4n) is 12.8. The van der Waals surface area contributed by atoms with Gasteiger partial charge in [-0.2, -0.15) is 0 Å². The first-order chi connectivity index (χ1) is 30.2. The largest absolute Gasteiger partial charge is 0.497 e. The highest BCUT2D eigenvalue weighted by atomic mass is 32.1. The van der Waals surface area contributed by atoms with E-state index < -0.39 is 5.97 Å². The Kier molecular flexibility index (Phi) is 11.3. The third-order valence-corrected chi connectivity index (χ3v) is 16.5. The highest BCUT2D eigenvalue weighted by molar-refractivity contribution is 7.22. The summed E-state index contributed by atoms with van der Waals surface area (Å²) in [7, 11) is 1.64. The maximum absolute atomic E-state index is 13.0. The van der Waals surface area contributed by atoms with Gasteiger partial charge in [-0.1, -0.05) is 25.2 Å². The number of nitrogens with one attached hydrogen (secondary N) is 2. The van der Waals surface area contributed by atoms with Crippen LogP contribution in [0.4, 0.5) is 22.6 Å². The first-order valence-electron chi connectivity index (χ1n) is 22.3. The van der Waals surface area contributed by atoms with Crippen LogP contribution in [-0.4, -0.2) is 106 Å². The van der Waals surface area contributed by atoms with Gasteiger partial charge in [-0.3, -0.25) is 4.99 Å². The smallest absolute Gasteiger partial charge is 0.355 e. The number of pyridine rings is 1. The molecule has 5 atom stereocenters. The average Bonchev–Trinajstić information content (AvgIpc) is 3.75. The molecule has 5 aliphatic rings. The standard InChI is InChI=1S/C47H61N9O6S/c1-28-32-7-6-15-56(40(32)55-54-39(28)53-42-51-35-17-31(61-5)8-10-36(35)63-42)37-11-9-33(38(52-37)41(59)60)34(18-48)29(2)50-27-45-13-12-44(4)25-47(62-16-14-49-19-30(20-57)21-58)24-43(3,22-45)23-46(44,47)26-45/h8-11,17-18,30,49,57-58H,6-7,12-16,19-27,48H2,1-5H3,(H,59,60)(H,51,53,54). The van der Waals surface area contributed by atoms with Crippen LogP contribution in [0.5, 0.6) is 5.75 Å². The second-order valence-electron chi connectivity index (χ2n) is 19.7. The molecule has 1 spiro atoms. The summed E-state index contributed by atoms with van der Waals surface area (Å²) in [6, 6.07) is 9.45. The monoisotopic (exact) mass is 879 g/mol. The molecule has 0 amide bonds. The van der Waals surface area contributed by atoms with Crippen LogP contribution < -0.4 is 26.0 Å². The number of methoxy groups -OCH3 is 1. The molecule has 4 aliphatic carbocycles. The molecule has 7 N–H and O–H groups in total. The number of hydrogen-bond acceptors (Lipinski definition) is 15. The van der Waals surface area contributed by atoms with E-state index in [1.807, 2.05) is 43.0 Å². The van der Waals surface area contributed by atoms with Crippen molar-refractivity contribution in [2.45, 2.75) is 91.1 Å². The van der Waals surface area contributed by atoms with Crippen molar-refractivity contribution < 1.29 is 29.6 Å². The Morgan fingerprint density at radius 1 is 1.08 bits per heavy atom. The van der Waals surface area contributed by atoms with E-state index in [0.717, 1.165) is 78.5 Å². The zero-order chi connectivity index (χ0) is 44.4. The fourth-order valence-corrected chi connectivity index (χ4v) is 13.7. The lowest BCUT2D eigenvalue weighted by Crippen LogP contribution is -2.71. The summed E-state index contributed by atoms with van der Waals surface area (Å²) >= 11 is 1.53. The van der Waals surface area contributed by atoms with Gasteiger partial charge in [0.15, 0.2) is 22.5 Å². The van der Waals surface area contributed by atoms with Crippen LogP contribution >= 0.6 is 11.3 Å². The van der Waals surface area contributed by atoms with Crippen LogP contribution in [0.2, 0.25) is 0 Å². The summed E-state index contributed by atoms with van der Waals surface area (Å²) in [6.45, 7) is 11.9. The number of nitrogens with two attached hydrogens (primary N) is 1. The summed E-state index contributed by atoms with van der Waals surface area (Å²) < 4.78 is 13.3. The molecular weight excluding hydrogens is 819 g/mol. The molecule has 4 heterocycles. The van der Waals surface area contributed by atoms with Crippen molar-refractivity contribution in [3.05, 3.63) is 58.9 Å². The molecular formula is C47H61N9O6S. The predicted molar refractivity (Wildman–Crippen MR) is 246 cm³/mol. The molecule has 1 aromatic carbocycles. The number of aromatic carboxylic acids is 1. The molecule has 0 saturated heterocycles. The Balaban J connectivity index is 0.921. The molecule has 5 unspecified atom stereocenters. The normalized spacial score (nSPS) is 28.6. The van der Waals surface area contributed by atoms with Gasteiger partial charge in [0.25, 0.3) is 0 Å². The first-order valence-corrected chi connectivity index (χ1v) is 23.1. The lowest BCUT2D eigenvalue weighted by Gasteiger charge is -2.73. The van der Waals surface area contributed by atoms with Gasteiger partial charge in [-0.05, 0) is 112 Å². The molecule has 63 heavy (non-hydrogen) atoms. The second-order valence-corrected chi connectivity index (χ2v) is 20.7. The Hall–Kier alpha value is -4.74. The molecule has 4 saturated carbocycles. The Morgan fingerprint density at radius 2 is 1.90 bits per heavy atom. The number of thiazole rings is 1. The van der Waals surface area contributed by atoms with Crippen LogP contribution in [-0.2, 0) is 11.2 Å². The maximum Gasteiger partial charge on any atom is 0.355 e. The van der Waals surface area contributed by atoms with Gasteiger partial charge in [0.2, 0.25) is 0 Å². The number of benzene rings is 1. The van der Waals surface area contributed by atoms with Crippen LogP contribution in [0.15, 0.2) is 41.5 Å². The number of aliphatic hydroxyl groups is 2. The summed E-state index contributed by atoms with van der Waals surface area (Å²) in [4.78, 5) is 29.7. The van der Waals surface area contributed by atoms with E-state index in [-0.39, 0.29) is 52.1 Å². The van der Waals surface area contributed by atoms with Crippen LogP contribution in [0.25, 0.3) is 15.8 Å². The summed E-state index contributed by atoms with van der Waals surface area (Å²) in [5.41, 5.74) is 11.1. The minimum atomic E-state index is -1.15. The van der Waals surface area contributed by atoms with E-state index in [2.05, 4.69) is 34.7 Å². The predicted octanol–water partition coefficient (Wildman–Crippen LogP) is 6.80. The Labute approximate surface area is 372 Å². The Bertz CT molecular complexity index is 2490. The van der Waals surface area contributed by atoms with E-state index in [9.17, 15) is 20.1 Å². The van der Waals surface area contributed by atoms with E-state index in [1.165, 1.54) is 24.0 Å². The molecule has 4 aromatic rings. The number of ether oxygens (including phenoxy) is 2. The topological polar surface area (TPSA) is 213 Å². The molecule has 1 aliphatic heterocycles. The van der Waals surface area contributed by atoms with Gasteiger partial charge >= 0.3 is 5.97 Å². The average molecular weight is 880 g/mol. The van der Waals surface area contributed by atoms with Crippen molar-refractivity contribution in [3.63, 3.8) is 0 Å². The van der Waals surface area contributed by atoms with E-state index in [0.29, 0.717) is 72.2 Å². The number of aliphatic hydroxyl groups excluding tert-OH is 2. The van der Waals surface area contributed by atoms with E-state index in [1.54, 1.807) is 13.2 Å². The third-order valence-electron chi connectivity index (χ3n) is 15.5. The molecule has 4 fully saturated rings. The van der Waals surface area contributed by atoms with Crippen LogP contribution in [0.3, 0.4) is 0 Å². The second kappa shape index (κ2) is 16.4. The van der Waals surface area contributed by atoms with Gasteiger partial charge < -0.3 is 46.1 Å². The zero-order valence-corrected chi connectivity index (χ0v) is 37.9. The fraction of sp³-hybridized carbons (Fsp3) is 0.574. The SMILES string of the molecule is COc1ccc2sc(Nc3nnc4c(c3C)CCCN4c3ccc(C(=CN)C(C)=NCC45CCC6(C)CC7(OCCNCC(CO)CO)CC(C)(C4)CC67C5)c(C(=O)O)n3)nc2c1. The van der Waals surface area contributed by atoms with Crippen molar-refractivity contribution in [2.75, 3.05) is 63.3 Å². The van der Waals surface area contributed by atoms with Crippen molar-refractivity contribution in [2.24, 2.45) is 38.3 Å². The van der Waals surface area contributed by atoms with Crippen molar-refractivity contribution in [1.82, 2.24) is 25.5 Å². The molecule has 3 aromatic heterocycles. The number of nitrogens with zero attached hydrogens (tertiary/aromatic N) is 6. The number of carboxylic acids is 1. The van der Waals surface area contributed by atoms with Crippen LogP contribution in [0, 0.1) is 34.5 Å². The van der Waals surface area contributed by atoms with Crippen molar-refractivity contribution >= 4 is 61.4 Å². The Morgan fingerprint density at radius 3 is 2.67 bits per heavy atom. The molecule has 0 radical (unpaired) electrons. The number of carboxylic acid groups (broad SMARTS) is 1. The lowest BCUT2D eigenvalue weighted by atomic mass is 9.34. The quantitative estimate of drug-likeness (QED) is 0.0476. The van der Waals surface area contributed by atoms with Gasteiger partial charge in [0.1, 0.15) is 11.6 Å². The number of carbonyl (C=O) groups is 1. The number of allylic oxidation sites excluding steroid dienone is 1. The van der Waals surface area contributed by atoms with Gasteiger partial charge in [-0.15, -0.1) is 10.2 Å². The molecule has 16 heteroatoms. The number of anilines is 4. The number of aromatic nitrogens is 4. The highest BCUT2D eigenvalue weighted by Gasteiger charge is 2.82. The number of aliphatic imine (C=N–C) groups is 1. The summed E-state index contributed by atoms with van der Waals surface area (Å²) in [6.07, 6.45) is 10.8. The first kappa shape index (κ1) is 43.5. The van der Waals surface area contributed by atoms with Crippen molar-refractivity contribution in [3.8, 4) is 5.75 Å². The maximum atomic E-state index is 13.0. The van der Waals surface area contributed by atoms with E-state index in [4.69, 9.17) is 30.2 Å².